The summed E-state index contributed by atoms with van der Waals surface area (Å²) in [6.45, 7) is 2.73. The molecule has 7 nitrogen and oxygen atoms in total. The molecular formula is C21H25N3O4S2. The highest BCUT2D eigenvalue weighted by Crippen LogP contribution is 2.24. The summed E-state index contributed by atoms with van der Waals surface area (Å²) in [5.41, 5.74) is 1.88. The summed E-state index contributed by atoms with van der Waals surface area (Å²) in [7, 11) is -0.572. The van der Waals surface area contributed by atoms with Gasteiger partial charge in [-0.2, -0.15) is 0 Å². The smallest absolute Gasteiger partial charge is 0.339 e. The van der Waals surface area contributed by atoms with Crippen LogP contribution >= 0.6 is 11.8 Å². The van der Waals surface area contributed by atoms with E-state index in [2.05, 4.69) is 4.98 Å². The fraction of sp³-hybridized carbons (Fsp3) is 0.333. The number of sulfonamides is 1. The second-order valence-electron chi connectivity index (χ2n) is 6.89. The molecule has 1 aromatic heterocycles. The number of thioether (sulfide) groups is 1. The molecule has 0 N–H and O–H groups in total. The third-order valence-corrected chi connectivity index (χ3v) is 7.29. The van der Waals surface area contributed by atoms with E-state index < -0.39 is 16.0 Å². The van der Waals surface area contributed by atoms with Gasteiger partial charge in [-0.3, -0.25) is 0 Å². The molecule has 0 aliphatic carbocycles. The van der Waals surface area contributed by atoms with Gasteiger partial charge in [-0.1, -0.05) is 19.1 Å². The van der Waals surface area contributed by atoms with Crippen molar-refractivity contribution in [2.75, 3.05) is 20.4 Å². The number of nitrogens with zero attached hydrogens (tertiary/aromatic N) is 3. The molecule has 1 heterocycles. The van der Waals surface area contributed by atoms with Gasteiger partial charge in [0.1, 0.15) is 12.4 Å². The minimum Gasteiger partial charge on any atom is -0.454 e. The van der Waals surface area contributed by atoms with Crippen molar-refractivity contribution >= 4 is 38.8 Å². The number of aryl methyl sites for hydroxylation is 1. The van der Waals surface area contributed by atoms with Crippen LogP contribution in [0.15, 0.2) is 52.3 Å². The standard InChI is InChI=1S/C21H25N3O4S2/c1-5-12-24-18-11-10-15(30(26,27)23(2)3)13-17(18)22-20(24)14-28-21(25)16-8-6-7-9-19(16)29-4/h6-11,13H,5,12,14H2,1-4H3. The number of imidazole rings is 1. The van der Waals surface area contributed by atoms with Gasteiger partial charge in [0.2, 0.25) is 10.0 Å². The van der Waals surface area contributed by atoms with Gasteiger partial charge in [0.25, 0.3) is 0 Å². The predicted octanol–water partition coefficient (Wildman–Crippen LogP) is 3.78. The van der Waals surface area contributed by atoms with Crippen LogP contribution in [0.2, 0.25) is 0 Å². The quantitative estimate of drug-likeness (QED) is 0.386. The number of fused-ring (bicyclic) bond motifs is 1. The summed E-state index contributed by atoms with van der Waals surface area (Å²) in [6, 6.07) is 12.2. The Hall–Kier alpha value is -2.36. The van der Waals surface area contributed by atoms with Crippen molar-refractivity contribution in [2.24, 2.45) is 0 Å². The van der Waals surface area contributed by atoms with Gasteiger partial charge >= 0.3 is 5.97 Å². The Morgan fingerprint density at radius 2 is 1.93 bits per heavy atom. The van der Waals surface area contributed by atoms with Crippen molar-refractivity contribution in [1.29, 1.82) is 0 Å². The lowest BCUT2D eigenvalue weighted by Gasteiger charge is -2.11. The van der Waals surface area contributed by atoms with Gasteiger partial charge in [-0.15, -0.1) is 11.8 Å². The Bertz CT molecular complexity index is 1170. The second kappa shape index (κ2) is 9.20. The summed E-state index contributed by atoms with van der Waals surface area (Å²) in [5, 5.41) is 0. The van der Waals surface area contributed by atoms with Crippen molar-refractivity contribution in [3.63, 3.8) is 0 Å². The van der Waals surface area contributed by atoms with Gasteiger partial charge in [-0.25, -0.2) is 22.5 Å². The van der Waals surface area contributed by atoms with Gasteiger partial charge in [0.15, 0.2) is 0 Å². The first kappa shape index (κ1) is 22.3. The number of hydrogen-bond donors (Lipinski definition) is 0. The Balaban J connectivity index is 1.93. The normalized spacial score (nSPS) is 11.9. The molecule has 0 amide bonds. The zero-order valence-corrected chi connectivity index (χ0v) is 19.1. The maximum absolute atomic E-state index is 12.6. The van der Waals surface area contributed by atoms with Crippen LogP contribution in [-0.4, -0.2) is 48.6 Å². The van der Waals surface area contributed by atoms with Crippen LogP contribution in [0.3, 0.4) is 0 Å². The predicted molar refractivity (Wildman–Crippen MR) is 118 cm³/mol. The van der Waals surface area contributed by atoms with Crippen molar-refractivity contribution in [1.82, 2.24) is 13.9 Å². The largest absolute Gasteiger partial charge is 0.454 e. The van der Waals surface area contributed by atoms with Crippen LogP contribution in [0.5, 0.6) is 0 Å². The van der Waals surface area contributed by atoms with E-state index in [9.17, 15) is 13.2 Å². The number of carbonyl (C=O) groups excluding carboxylic acids is 1. The van der Waals surface area contributed by atoms with Gasteiger partial charge in [0, 0.05) is 25.5 Å². The van der Waals surface area contributed by atoms with E-state index in [1.165, 1.54) is 30.2 Å². The van der Waals surface area contributed by atoms with Gasteiger partial charge in [-0.05, 0) is 43.0 Å². The van der Waals surface area contributed by atoms with Crippen LogP contribution in [-0.2, 0) is 27.9 Å². The highest BCUT2D eigenvalue weighted by atomic mass is 32.2. The Kier molecular flexibility index (Phi) is 6.84. The molecule has 160 valence electrons. The van der Waals surface area contributed by atoms with E-state index >= 15 is 0 Å². The molecule has 0 spiro atoms. The fourth-order valence-electron chi connectivity index (χ4n) is 3.14. The Morgan fingerprint density at radius 1 is 1.20 bits per heavy atom. The first-order chi connectivity index (χ1) is 14.3. The van der Waals surface area contributed by atoms with Gasteiger partial charge < -0.3 is 9.30 Å². The zero-order valence-electron chi connectivity index (χ0n) is 17.5. The highest BCUT2D eigenvalue weighted by Gasteiger charge is 2.20. The van der Waals surface area contributed by atoms with E-state index in [1.54, 1.807) is 30.3 Å². The number of aromatic nitrogens is 2. The van der Waals surface area contributed by atoms with E-state index in [1.807, 2.05) is 29.9 Å². The molecule has 0 radical (unpaired) electrons. The molecule has 0 saturated carbocycles. The molecule has 0 aliphatic heterocycles. The molecule has 0 bridgehead atoms. The summed E-state index contributed by atoms with van der Waals surface area (Å²) in [4.78, 5) is 18.2. The lowest BCUT2D eigenvalue weighted by molar-refractivity contribution is 0.0454. The van der Waals surface area contributed by atoms with E-state index in [0.717, 1.165) is 16.8 Å². The van der Waals surface area contributed by atoms with E-state index in [0.29, 0.717) is 23.4 Å². The average Bonchev–Trinajstić information content (AvgIpc) is 3.08. The Morgan fingerprint density at radius 3 is 2.60 bits per heavy atom. The highest BCUT2D eigenvalue weighted by molar-refractivity contribution is 7.98. The monoisotopic (exact) mass is 447 g/mol. The number of hydrogen-bond acceptors (Lipinski definition) is 6. The van der Waals surface area contributed by atoms with Gasteiger partial charge in [0.05, 0.1) is 21.5 Å². The topological polar surface area (TPSA) is 81.5 Å². The lowest BCUT2D eigenvalue weighted by atomic mass is 10.2. The maximum atomic E-state index is 12.6. The minimum atomic E-state index is -3.56. The third-order valence-electron chi connectivity index (χ3n) is 4.68. The Labute approximate surface area is 181 Å². The van der Waals surface area contributed by atoms with Crippen molar-refractivity contribution in [3.8, 4) is 0 Å². The molecule has 0 atom stereocenters. The molecule has 3 rings (SSSR count). The zero-order chi connectivity index (χ0) is 21.9. The number of rotatable bonds is 8. The molecule has 0 aliphatic rings. The summed E-state index contributed by atoms with van der Waals surface area (Å²) < 4.78 is 33.6. The minimum absolute atomic E-state index is 0.00594. The molecule has 0 fully saturated rings. The van der Waals surface area contributed by atoms with Crippen LogP contribution in [0.25, 0.3) is 11.0 Å². The van der Waals surface area contributed by atoms with Crippen molar-refractivity contribution < 1.29 is 17.9 Å². The third kappa shape index (κ3) is 4.38. The second-order valence-corrected chi connectivity index (χ2v) is 9.89. The van der Waals surface area contributed by atoms with Crippen LogP contribution in [0.1, 0.15) is 29.5 Å². The number of ether oxygens (including phenoxy) is 1. The summed E-state index contributed by atoms with van der Waals surface area (Å²) in [6.07, 6.45) is 2.77. The molecule has 2 aromatic carbocycles. The van der Waals surface area contributed by atoms with Crippen LogP contribution in [0.4, 0.5) is 0 Å². The molecule has 9 heteroatoms. The van der Waals surface area contributed by atoms with Crippen molar-refractivity contribution in [2.45, 2.75) is 36.3 Å². The average molecular weight is 448 g/mol. The molecular weight excluding hydrogens is 422 g/mol. The van der Waals surface area contributed by atoms with E-state index in [4.69, 9.17) is 4.74 Å². The summed E-state index contributed by atoms with van der Waals surface area (Å²) >= 11 is 1.48. The molecule has 30 heavy (non-hydrogen) atoms. The SMILES string of the molecule is CCCn1c(COC(=O)c2ccccc2SC)nc2cc(S(=O)(=O)N(C)C)ccc21. The van der Waals surface area contributed by atoms with E-state index in [-0.39, 0.29) is 11.5 Å². The first-order valence-electron chi connectivity index (χ1n) is 9.51. The molecule has 3 aromatic rings. The van der Waals surface area contributed by atoms with Crippen LogP contribution in [0, 0.1) is 0 Å². The number of carbonyl (C=O) groups is 1. The van der Waals surface area contributed by atoms with Crippen molar-refractivity contribution in [3.05, 3.63) is 53.9 Å². The molecule has 0 unspecified atom stereocenters. The van der Waals surface area contributed by atoms with Crippen LogP contribution < -0.4 is 0 Å². The number of esters is 1. The summed E-state index contributed by atoms with van der Waals surface area (Å²) in [5.74, 6) is 0.173. The molecule has 0 saturated heterocycles. The first-order valence-corrected chi connectivity index (χ1v) is 12.2. The number of benzene rings is 2. The lowest BCUT2D eigenvalue weighted by Crippen LogP contribution is -2.22. The fourth-order valence-corrected chi connectivity index (χ4v) is 4.64. The maximum Gasteiger partial charge on any atom is 0.339 e.